The fraction of sp³-hybridized carbons (Fsp3) is 0.200. The molecule has 3 heterocycles. The average molecular weight is 411 g/mol. The number of halogens is 1. The third kappa shape index (κ3) is 4.91. The number of carbonyl (C=O) groups excluding carboxylic acids is 1. The molecule has 0 spiro atoms. The number of nitrogens with zero attached hydrogens (tertiary/aromatic N) is 4. The first-order valence-electron chi connectivity index (χ1n) is 9.16. The fourth-order valence-corrected chi connectivity index (χ4v) is 2.92. The smallest absolute Gasteiger partial charge is 0.220 e. The third-order valence-electron chi connectivity index (χ3n) is 4.33. The standard InChI is InChI=1S/C20H19ClN6O2/c21-15-5-3-14(4-6-15)12-22-17-7-8-18-24-25-19(27(18)26-17)9-10-20(28)23-13-16-2-1-11-29-16/h1-8,11H,9-10,12-13H2,(H,22,26)(H,23,28). The summed E-state index contributed by atoms with van der Waals surface area (Å²) in [5.74, 6) is 1.94. The predicted octanol–water partition coefficient (Wildman–Crippen LogP) is 3.23. The molecule has 0 saturated carbocycles. The minimum Gasteiger partial charge on any atom is -0.467 e. The first-order chi connectivity index (χ1) is 14.2. The zero-order chi connectivity index (χ0) is 20.1. The van der Waals surface area contributed by atoms with Gasteiger partial charge in [0.1, 0.15) is 11.6 Å². The molecule has 148 valence electrons. The van der Waals surface area contributed by atoms with Gasteiger partial charge >= 0.3 is 0 Å². The molecular formula is C20H19ClN6O2. The number of nitrogens with one attached hydrogen (secondary N) is 2. The van der Waals surface area contributed by atoms with Gasteiger partial charge in [-0.15, -0.1) is 15.3 Å². The molecule has 0 saturated heterocycles. The Morgan fingerprint density at radius 1 is 1.07 bits per heavy atom. The molecular weight excluding hydrogens is 392 g/mol. The number of benzene rings is 1. The Bertz CT molecular complexity index is 1090. The van der Waals surface area contributed by atoms with Crippen molar-refractivity contribution in [3.05, 3.63) is 77.0 Å². The zero-order valence-electron chi connectivity index (χ0n) is 15.5. The molecule has 3 aromatic heterocycles. The highest BCUT2D eigenvalue weighted by Crippen LogP contribution is 2.13. The van der Waals surface area contributed by atoms with E-state index in [4.69, 9.17) is 16.0 Å². The number of rotatable bonds is 8. The Kier molecular flexibility index (Phi) is 5.71. The van der Waals surface area contributed by atoms with Crippen molar-refractivity contribution in [2.45, 2.75) is 25.9 Å². The van der Waals surface area contributed by atoms with Crippen LogP contribution in [0.15, 0.2) is 59.2 Å². The summed E-state index contributed by atoms with van der Waals surface area (Å²) in [6.07, 6.45) is 2.29. The second-order valence-electron chi connectivity index (χ2n) is 6.44. The third-order valence-corrected chi connectivity index (χ3v) is 4.58. The van der Waals surface area contributed by atoms with Gasteiger partial charge in [0.2, 0.25) is 5.91 Å². The van der Waals surface area contributed by atoms with Gasteiger partial charge in [0.25, 0.3) is 0 Å². The highest BCUT2D eigenvalue weighted by atomic mass is 35.5. The van der Waals surface area contributed by atoms with Crippen LogP contribution in [-0.4, -0.2) is 25.7 Å². The lowest BCUT2D eigenvalue weighted by atomic mass is 10.2. The number of amides is 1. The quantitative estimate of drug-likeness (QED) is 0.463. The molecule has 9 heteroatoms. The van der Waals surface area contributed by atoms with Crippen LogP contribution in [0.5, 0.6) is 0 Å². The summed E-state index contributed by atoms with van der Waals surface area (Å²) >= 11 is 5.91. The summed E-state index contributed by atoms with van der Waals surface area (Å²) in [5, 5.41) is 19.6. The van der Waals surface area contributed by atoms with Crippen LogP contribution in [0.3, 0.4) is 0 Å². The molecule has 1 aromatic carbocycles. The van der Waals surface area contributed by atoms with E-state index in [2.05, 4.69) is 25.9 Å². The van der Waals surface area contributed by atoms with Crippen molar-refractivity contribution in [2.75, 3.05) is 5.32 Å². The van der Waals surface area contributed by atoms with Gasteiger partial charge in [-0.2, -0.15) is 4.52 Å². The van der Waals surface area contributed by atoms with Crippen molar-refractivity contribution in [1.82, 2.24) is 25.1 Å². The Morgan fingerprint density at radius 3 is 2.72 bits per heavy atom. The van der Waals surface area contributed by atoms with E-state index in [0.29, 0.717) is 47.6 Å². The number of furan rings is 1. The zero-order valence-corrected chi connectivity index (χ0v) is 16.3. The van der Waals surface area contributed by atoms with E-state index in [0.717, 1.165) is 5.56 Å². The van der Waals surface area contributed by atoms with Crippen LogP contribution in [0.1, 0.15) is 23.6 Å². The van der Waals surface area contributed by atoms with Crippen LogP contribution in [-0.2, 0) is 24.3 Å². The fourth-order valence-electron chi connectivity index (χ4n) is 2.79. The molecule has 2 N–H and O–H groups in total. The van der Waals surface area contributed by atoms with E-state index >= 15 is 0 Å². The average Bonchev–Trinajstić information content (AvgIpc) is 3.40. The summed E-state index contributed by atoms with van der Waals surface area (Å²) in [4.78, 5) is 12.1. The van der Waals surface area contributed by atoms with Crippen LogP contribution in [0.2, 0.25) is 5.02 Å². The van der Waals surface area contributed by atoms with Gasteiger partial charge in [-0.25, -0.2) is 0 Å². The lowest BCUT2D eigenvalue weighted by Crippen LogP contribution is -2.23. The topological polar surface area (TPSA) is 97.4 Å². The number of hydrogen-bond donors (Lipinski definition) is 2. The largest absolute Gasteiger partial charge is 0.467 e. The van der Waals surface area contributed by atoms with Crippen LogP contribution >= 0.6 is 11.6 Å². The molecule has 29 heavy (non-hydrogen) atoms. The van der Waals surface area contributed by atoms with Crippen LogP contribution in [0, 0.1) is 0 Å². The highest BCUT2D eigenvalue weighted by molar-refractivity contribution is 6.30. The predicted molar refractivity (Wildman–Crippen MR) is 108 cm³/mol. The molecule has 0 unspecified atom stereocenters. The second kappa shape index (κ2) is 8.74. The van der Waals surface area contributed by atoms with Gasteiger partial charge in [0.05, 0.1) is 12.8 Å². The molecule has 4 rings (SSSR count). The van der Waals surface area contributed by atoms with E-state index in [9.17, 15) is 4.79 Å². The minimum atomic E-state index is -0.0878. The first kappa shape index (κ1) is 18.9. The van der Waals surface area contributed by atoms with Crippen LogP contribution in [0.25, 0.3) is 5.65 Å². The van der Waals surface area contributed by atoms with Gasteiger partial charge in [0, 0.05) is 24.4 Å². The summed E-state index contributed by atoms with van der Waals surface area (Å²) in [7, 11) is 0. The number of carbonyl (C=O) groups is 1. The van der Waals surface area contributed by atoms with Gasteiger partial charge in [0.15, 0.2) is 11.5 Å². The maximum Gasteiger partial charge on any atom is 0.220 e. The van der Waals surface area contributed by atoms with Crippen molar-refractivity contribution in [2.24, 2.45) is 0 Å². The molecule has 0 atom stereocenters. The first-order valence-corrected chi connectivity index (χ1v) is 9.54. The van der Waals surface area contributed by atoms with E-state index in [1.165, 1.54) is 0 Å². The van der Waals surface area contributed by atoms with Crippen molar-refractivity contribution in [3.8, 4) is 0 Å². The molecule has 0 aliphatic rings. The molecule has 4 aromatic rings. The van der Waals surface area contributed by atoms with Crippen LogP contribution < -0.4 is 10.6 Å². The minimum absolute atomic E-state index is 0.0878. The van der Waals surface area contributed by atoms with E-state index in [1.54, 1.807) is 16.8 Å². The summed E-state index contributed by atoms with van der Waals surface area (Å²) in [6, 6.07) is 14.9. The Balaban J connectivity index is 1.36. The van der Waals surface area contributed by atoms with Gasteiger partial charge in [-0.1, -0.05) is 23.7 Å². The molecule has 0 radical (unpaired) electrons. The van der Waals surface area contributed by atoms with Gasteiger partial charge in [-0.05, 0) is 42.0 Å². The number of aryl methyl sites for hydroxylation is 1. The number of aromatic nitrogens is 4. The number of anilines is 1. The van der Waals surface area contributed by atoms with E-state index in [1.807, 2.05) is 42.5 Å². The van der Waals surface area contributed by atoms with Crippen molar-refractivity contribution < 1.29 is 9.21 Å². The number of hydrogen-bond acceptors (Lipinski definition) is 6. The van der Waals surface area contributed by atoms with Gasteiger partial charge < -0.3 is 15.1 Å². The second-order valence-corrected chi connectivity index (χ2v) is 6.88. The summed E-state index contributed by atoms with van der Waals surface area (Å²) < 4.78 is 6.86. The highest BCUT2D eigenvalue weighted by Gasteiger charge is 2.11. The maximum atomic E-state index is 12.1. The molecule has 8 nitrogen and oxygen atoms in total. The molecule has 0 aliphatic heterocycles. The molecule has 0 fully saturated rings. The lowest BCUT2D eigenvalue weighted by molar-refractivity contribution is -0.121. The van der Waals surface area contributed by atoms with Crippen molar-refractivity contribution in [1.29, 1.82) is 0 Å². The van der Waals surface area contributed by atoms with Crippen LogP contribution in [0.4, 0.5) is 5.82 Å². The Labute approximate surface area is 171 Å². The maximum absolute atomic E-state index is 12.1. The Hall–Kier alpha value is -3.39. The Morgan fingerprint density at radius 2 is 1.93 bits per heavy atom. The van der Waals surface area contributed by atoms with Gasteiger partial charge in [-0.3, -0.25) is 4.79 Å². The van der Waals surface area contributed by atoms with E-state index in [-0.39, 0.29) is 12.3 Å². The molecule has 0 bridgehead atoms. The van der Waals surface area contributed by atoms with Crippen molar-refractivity contribution in [3.63, 3.8) is 0 Å². The normalized spacial score (nSPS) is 10.9. The lowest BCUT2D eigenvalue weighted by Gasteiger charge is -2.07. The molecule has 1 amide bonds. The van der Waals surface area contributed by atoms with E-state index < -0.39 is 0 Å². The summed E-state index contributed by atoms with van der Waals surface area (Å²) in [6.45, 7) is 0.978. The number of fused-ring (bicyclic) bond motifs is 1. The monoisotopic (exact) mass is 410 g/mol. The van der Waals surface area contributed by atoms with Crippen molar-refractivity contribution >= 4 is 29.0 Å². The SMILES string of the molecule is O=C(CCc1nnc2ccc(NCc3ccc(Cl)cc3)nn12)NCc1ccco1. The summed E-state index contributed by atoms with van der Waals surface area (Å²) in [5.41, 5.74) is 1.72. The molecule has 0 aliphatic carbocycles.